The number of benzene rings is 2. The highest BCUT2D eigenvalue weighted by Gasteiger charge is 2.13. The summed E-state index contributed by atoms with van der Waals surface area (Å²) in [4.78, 5) is 33.8. The summed E-state index contributed by atoms with van der Waals surface area (Å²) in [7, 11) is 0. The van der Waals surface area contributed by atoms with Gasteiger partial charge in [0.2, 0.25) is 0 Å². The largest absolute Gasteiger partial charge is 0.326 e. The van der Waals surface area contributed by atoms with E-state index in [9.17, 15) is 19.7 Å². The number of urea groups is 1. The predicted octanol–water partition coefficient (Wildman–Crippen LogP) is 2.87. The Balaban J connectivity index is 2.08. The van der Waals surface area contributed by atoms with Crippen LogP contribution < -0.4 is 10.6 Å². The lowest BCUT2D eigenvalue weighted by molar-refractivity contribution is -0.384. The van der Waals surface area contributed by atoms with Crippen LogP contribution >= 0.6 is 0 Å². The first-order valence-corrected chi connectivity index (χ1v) is 6.40. The molecule has 0 atom stereocenters. The van der Waals surface area contributed by atoms with Gasteiger partial charge in [-0.05, 0) is 24.6 Å². The molecule has 22 heavy (non-hydrogen) atoms. The minimum atomic E-state index is -0.752. The third-order valence-corrected chi connectivity index (χ3v) is 2.94. The molecule has 0 unspecified atom stereocenters. The van der Waals surface area contributed by atoms with E-state index in [0.717, 1.165) is 0 Å². The average molecular weight is 299 g/mol. The number of nitro benzene ring substituents is 1. The zero-order chi connectivity index (χ0) is 16.1. The first kappa shape index (κ1) is 15.2. The van der Waals surface area contributed by atoms with Crippen LogP contribution in [0.15, 0.2) is 48.5 Å². The van der Waals surface area contributed by atoms with Crippen molar-refractivity contribution in [3.63, 3.8) is 0 Å². The van der Waals surface area contributed by atoms with Crippen LogP contribution in [0.5, 0.6) is 0 Å². The fraction of sp³-hybridized carbons (Fsp3) is 0.0667. The molecule has 112 valence electrons. The number of hydrogen-bond acceptors (Lipinski definition) is 4. The number of rotatable bonds is 3. The molecule has 0 heterocycles. The van der Waals surface area contributed by atoms with Gasteiger partial charge in [-0.25, -0.2) is 4.79 Å². The SMILES string of the molecule is Cc1ccc([N+](=O)[O-])cc1NC(=O)NC(=O)c1ccccc1. The minimum absolute atomic E-state index is 0.143. The van der Waals surface area contributed by atoms with E-state index in [1.54, 1.807) is 37.3 Å². The molecule has 0 saturated carbocycles. The number of non-ortho nitro benzene ring substituents is 1. The van der Waals surface area contributed by atoms with E-state index in [1.165, 1.54) is 18.2 Å². The molecule has 7 nitrogen and oxygen atoms in total. The molecule has 0 aromatic heterocycles. The number of nitrogens with zero attached hydrogens (tertiary/aromatic N) is 1. The molecule has 2 aromatic carbocycles. The van der Waals surface area contributed by atoms with Gasteiger partial charge in [0.05, 0.1) is 10.6 Å². The fourth-order valence-corrected chi connectivity index (χ4v) is 1.78. The topological polar surface area (TPSA) is 101 Å². The van der Waals surface area contributed by atoms with E-state index in [1.807, 2.05) is 0 Å². The van der Waals surface area contributed by atoms with Gasteiger partial charge in [-0.2, -0.15) is 0 Å². The highest BCUT2D eigenvalue weighted by atomic mass is 16.6. The van der Waals surface area contributed by atoms with Gasteiger partial charge in [0.1, 0.15) is 0 Å². The van der Waals surface area contributed by atoms with Crippen molar-refractivity contribution < 1.29 is 14.5 Å². The van der Waals surface area contributed by atoms with E-state index >= 15 is 0 Å². The number of hydrogen-bond donors (Lipinski definition) is 2. The number of carbonyl (C=O) groups is 2. The molecule has 0 spiro atoms. The van der Waals surface area contributed by atoms with E-state index in [0.29, 0.717) is 11.1 Å². The molecule has 0 aliphatic carbocycles. The summed E-state index contributed by atoms with van der Waals surface area (Å²) in [5, 5.41) is 15.3. The van der Waals surface area contributed by atoms with Crippen LogP contribution in [0.4, 0.5) is 16.2 Å². The molecule has 0 aliphatic rings. The number of nitro groups is 1. The number of carbonyl (C=O) groups excluding carboxylic acids is 2. The Morgan fingerprint density at radius 3 is 2.41 bits per heavy atom. The third-order valence-electron chi connectivity index (χ3n) is 2.94. The maximum Gasteiger partial charge on any atom is 0.326 e. The quantitative estimate of drug-likeness (QED) is 0.672. The summed E-state index contributed by atoms with van der Waals surface area (Å²) in [6.07, 6.45) is 0. The molecule has 0 radical (unpaired) electrons. The third kappa shape index (κ3) is 3.66. The first-order chi connectivity index (χ1) is 10.5. The van der Waals surface area contributed by atoms with Crippen LogP contribution in [0.1, 0.15) is 15.9 Å². The molecule has 2 aromatic rings. The van der Waals surface area contributed by atoms with Crippen molar-refractivity contribution in [2.45, 2.75) is 6.92 Å². The Morgan fingerprint density at radius 2 is 1.77 bits per heavy atom. The maximum absolute atomic E-state index is 11.8. The van der Waals surface area contributed by atoms with Gasteiger partial charge in [0, 0.05) is 17.7 Å². The van der Waals surface area contributed by atoms with Crippen molar-refractivity contribution in [1.82, 2.24) is 5.32 Å². The standard InChI is InChI=1S/C15H13N3O4/c1-10-7-8-12(18(21)22)9-13(10)16-15(20)17-14(19)11-5-3-2-4-6-11/h2-9H,1H3,(H2,16,17,19,20). The van der Waals surface area contributed by atoms with Gasteiger partial charge < -0.3 is 5.32 Å². The molecule has 2 rings (SSSR count). The number of nitrogens with one attached hydrogen (secondary N) is 2. The summed E-state index contributed by atoms with van der Waals surface area (Å²) in [5.74, 6) is -0.554. The molecular weight excluding hydrogens is 286 g/mol. The lowest BCUT2D eigenvalue weighted by atomic mass is 10.2. The Labute approximate surface area is 126 Å². The minimum Gasteiger partial charge on any atom is -0.307 e. The Bertz CT molecular complexity index is 729. The van der Waals surface area contributed by atoms with Gasteiger partial charge >= 0.3 is 6.03 Å². The van der Waals surface area contributed by atoms with Crippen molar-refractivity contribution >= 4 is 23.3 Å². The lowest BCUT2D eigenvalue weighted by Gasteiger charge is -2.09. The van der Waals surface area contributed by atoms with E-state index < -0.39 is 16.9 Å². The first-order valence-electron chi connectivity index (χ1n) is 6.40. The second kappa shape index (κ2) is 6.49. The molecule has 0 fully saturated rings. The second-order valence-electron chi connectivity index (χ2n) is 4.53. The summed E-state index contributed by atoms with van der Waals surface area (Å²) in [5.41, 5.74) is 1.11. The van der Waals surface area contributed by atoms with Crippen LogP contribution in [0.25, 0.3) is 0 Å². The van der Waals surface area contributed by atoms with Crippen molar-refractivity contribution in [2.24, 2.45) is 0 Å². The molecular formula is C15H13N3O4. The van der Waals surface area contributed by atoms with Crippen LogP contribution in [0, 0.1) is 17.0 Å². The Kier molecular flexibility index (Phi) is 4.47. The Hall–Kier alpha value is -3.22. The lowest BCUT2D eigenvalue weighted by Crippen LogP contribution is -2.34. The van der Waals surface area contributed by atoms with Crippen LogP contribution in [-0.2, 0) is 0 Å². The van der Waals surface area contributed by atoms with Gasteiger partial charge in [-0.1, -0.05) is 24.3 Å². The highest BCUT2D eigenvalue weighted by Crippen LogP contribution is 2.21. The summed E-state index contributed by atoms with van der Waals surface area (Å²) in [6, 6.07) is 11.6. The van der Waals surface area contributed by atoms with Gasteiger partial charge in [-0.15, -0.1) is 0 Å². The van der Waals surface area contributed by atoms with E-state index in [-0.39, 0.29) is 11.4 Å². The second-order valence-corrected chi connectivity index (χ2v) is 4.53. The predicted molar refractivity (Wildman–Crippen MR) is 80.8 cm³/mol. The summed E-state index contributed by atoms with van der Waals surface area (Å²) in [6.45, 7) is 1.69. The van der Waals surface area contributed by atoms with E-state index in [4.69, 9.17) is 0 Å². The molecule has 0 saturated heterocycles. The van der Waals surface area contributed by atoms with Crippen LogP contribution in [0.2, 0.25) is 0 Å². The van der Waals surface area contributed by atoms with Crippen molar-refractivity contribution in [1.29, 1.82) is 0 Å². The van der Waals surface area contributed by atoms with Crippen LogP contribution in [-0.4, -0.2) is 16.9 Å². The van der Waals surface area contributed by atoms with Gasteiger partial charge in [-0.3, -0.25) is 20.2 Å². The van der Waals surface area contributed by atoms with Gasteiger partial charge in [0.25, 0.3) is 11.6 Å². The summed E-state index contributed by atoms with van der Waals surface area (Å²) < 4.78 is 0. The smallest absolute Gasteiger partial charge is 0.307 e. The fourth-order valence-electron chi connectivity index (χ4n) is 1.78. The average Bonchev–Trinajstić information content (AvgIpc) is 2.50. The zero-order valence-electron chi connectivity index (χ0n) is 11.7. The van der Waals surface area contributed by atoms with E-state index in [2.05, 4.69) is 10.6 Å². The molecule has 0 bridgehead atoms. The number of aryl methyl sites for hydroxylation is 1. The molecule has 3 amide bonds. The highest BCUT2D eigenvalue weighted by molar-refractivity contribution is 6.08. The number of anilines is 1. The molecule has 2 N–H and O–H groups in total. The van der Waals surface area contributed by atoms with Crippen molar-refractivity contribution in [3.8, 4) is 0 Å². The van der Waals surface area contributed by atoms with Crippen molar-refractivity contribution in [3.05, 3.63) is 69.8 Å². The van der Waals surface area contributed by atoms with Gasteiger partial charge in [0.15, 0.2) is 0 Å². The monoisotopic (exact) mass is 299 g/mol. The Morgan fingerprint density at radius 1 is 1.09 bits per heavy atom. The normalized spacial score (nSPS) is 9.86. The van der Waals surface area contributed by atoms with Crippen molar-refractivity contribution in [2.75, 3.05) is 5.32 Å². The zero-order valence-corrected chi connectivity index (χ0v) is 11.7. The molecule has 0 aliphatic heterocycles. The van der Waals surface area contributed by atoms with Crippen LogP contribution in [0.3, 0.4) is 0 Å². The summed E-state index contributed by atoms with van der Waals surface area (Å²) >= 11 is 0. The number of amides is 3. The number of imide groups is 1. The molecule has 7 heteroatoms. The maximum atomic E-state index is 11.8.